The van der Waals surface area contributed by atoms with Crippen molar-refractivity contribution in [2.45, 2.75) is 0 Å². The van der Waals surface area contributed by atoms with Gasteiger partial charge in [-0.3, -0.25) is 0 Å². The first-order chi connectivity index (χ1) is 4.61. The molecule has 1 aliphatic rings. The Bertz CT molecular complexity index is 212. The van der Waals surface area contributed by atoms with E-state index in [4.69, 9.17) is 0 Å². The summed E-state index contributed by atoms with van der Waals surface area (Å²) in [4.78, 5) is 1.78. The SMILES string of the molecule is CN1CC(I)=CC(Br)=C1O. The minimum Gasteiger partial charge on any atom is -0.494 e. The van der Waals surface area contributed by atoms with E-state index in [-0.39, 0.29) is 0 Å². The van der Waals surface area contributed by atoms with Crippen LogP contribution in [-0.2, 0) is 0 Å². The molecule has 10 heavy (non-hydrogen) atoms. The van der Waals surface area contributed by atoms with Crippen molar-refractivity contribution in [2.75, 3.05) is 13.6 Å². The first kappa shape index (κ1) is 8.39. The average molecular weight is 316 g/mol. The molecule has 0 saturated carbocycles. The van der Waals surface area contributed by atoms with E-state index in [0.717, 1.165) is 11.0 Å². The van der Waals surface area contributed by atoms with E-state index in [1.165, 1.54) is 3.58 Å². The van der Waals surface area contributed by atoms with Crippen LogP contribution in [0.3, 0.4) is 0 Å². The normalized spacial score (nSPS) is 19.5. The third-order valence-electron chi connectivity index (χ3n) is 1.25. The highest BCUT2D eigenvalue weighted by atomic mass is 127. The third-order valence-corrected chi connectivity index (χ3v) is 2.48. The van der Waals surface area contributed by atoms with Gasteiger partial charge in [-0.1, -0.05) is 0 Å². The second kappa shape index (κ2) is 3.13. The van der Waals surface area contributed by atoms with Gasteiger partial charge < -0.3 is 10.0 Å². The molecule has 1 aliphatic heterocycles. The van der Waals surface area contributed by atoms with Crippen LogP contribution in [0.5, 0.6) is 0 Å². The lowest BCUT2D eigenvalue weighted by molar-refractivity contribution is 0.243. The predicted octanol–water partition coefficient (Wildman–Crippen LogP) is 2.37. The zero-order valence-electron chi connectivity index (χ0n) is 5.43. The molecule has 1 N–H and O–H groups in total. The molecule has 1 heterocycles. The lowest BCUT2D eigenvalue weighted by atomic mass is 10.3. The summed E-state index contributed by atoms with van der Waals surface area (Å²) in [5, 5.41) is 9.27. The van der Waals surface area contributed by atoms with Gasteiger partial charge in [-0.15, -0.1) is 0 Å². The first-order valence-electron chi connectivity index (χ1n) is 2.77. The average Bonchev–Trinajstić information content (AvgIpc) is 1.82. The molecule has 0 radical (unpaired) electrons. The summed E-state index contributed by atoms with van der Waals surface area (Å²) in [7, 11) is 1.85. The summed E-state index contributed by atoms with van der Waals surface area (Å²) in [6.07, 6.45) is 1.91. The highest BCUT2D eigenvalue weighted by molar-refractivity contribution is 14.1. The van der Waals surface area contributed by atoms with Crippen LogP contribution < -0.4 is 0 Å². The zero-order chi connectivity index (χ0) is 7.72. The van der Waals surface area contributed by atoms with Crippen molar-refractivity contribution in [3.63, 3.8) is 0 Å². The molecular weight excluding hydrogens is 309 g/mol. The second-order valence-electron chi connectivity index (χ2n) is 2.12. The van der Waals surface area contributed by atoms with E-state index in [2.05, 4.69) is 38.5 Å². The fraction of sp³-hybridized carbons (Fsp3) is 0.333. The van der Waals surface area contributed by atoms with Crippen LogP contribution in [0.1, 0.15) is 0 Å². The van der Waals surface area contributed by atoms with Crippen LogP contribution in [0.4, 0.5) is 0 Å². The van der Waals surface area contributed by atoms with Gasteiger partial charge in [-0.25, -0.2) is 0 Å². The van der Waals surface area contributed by atoms with Crippen molar-refractivity contribution in [2.24, 2.45) is 0 Å². The molecule has 1 rings (SSSR count). The minimum atomic E-state index is 0.306. The highest BCUT2D eigenvalue weighted by Gasteiger charge is 2.12. The van der Waals surface area contributed by atoms with E-state index in [1.807, 2.05) is 13.1 Å². The largest absolute Gasteiger partial charge is 0.494 e. The summed E-state index contributed by atoms with van der Waals surface area (Å²) in [6.45, 7) is 0.793. The molecular formula is C6H7BrINO. The van der Waals surface area contributed by atoms with Gasteiger partial charge in [0, 0.05) is 10.6 Å². The Balaban J connectivity index is 2.92. The quantitative estimate of drug-likeness (QED) is 0.694. The van der Waals surface area contributed by atoms with Crippen LogP contribution in [0.25, 0.3) is 0 Å². The summed E-state index contributed by atoms with van der Waals surface area (Å²) in [5.41, 5.74) is 0. The van der Waals surface area contributed by atoms with Crippen molar-refractivity contribution >= 4 is 38.5 Å². The van der Waals surface area contributed by atoms with E-state index in [9.17, 15) is 5.11 Å². The highest BCUT2D eigenvalue weighted by Crippen LogP contribution is 2.24. The van der Waals surface area contributed by atoms with E-state index >= 15 is 0 Å². The fourth-order valence-corrected chi connectivity index (χ4v) is 2.56. The molecule has 0 saturated heterocycles. The zero-order valence-corrected chi connectivity index (χ0v) is 9.18. The maximum Gasteiger partial charge on any atom is 0.201 e. The Hall–Kier alpha value is 0.290. The number of hydrogen-bond donors (Lipinski definition) is 1. The van der Waals surface area contributed by atoms with Crippen LogP contribution in [-0.4, -0.2) is 23.6 Å². The number of likely N-dealkylation sites (N-methyl/N-ethyl adjacent to an activating group) is 1. The van der Waals surface area contributed by atoms with Gasteiger partial charge in [0.15, 0.2) is 0 Å². The fourth-order valence-electron chi connectivity index (χ4n) is 0.731. The summed E-state index contributed by atoms with van der Waals surface area (Å²) >= 11 is 5.48. The molecule has 0 aromatic rings. The Labute approximate surface area is 81.9 Å². The van der Waals surface area contributed by atoms with E-state index in [1.54, 1.807) is 4.90 Å². The van der Waals surface area contributed by atoms with Gasteiger partial charge in [0.25, 0.3) is 0 Å². The molecule has 4 heteroatoms. The van der Waals surface area contributed by atoms with Gasteiger partial charge in [-0.05, 0) is 44.6 Å². The topological polar surface area (TPSA) is 23.5 Å². The molecule has 0 fully saturated rings. The number of allylic oxidation sites excluding steroid dienone is 2. The van der Waals surface area contributed by atoms with Crippen LogP contribution >= 0.6 is 38.5 Å². The van der Waals surface area contributed by atoms with Gasteiger partial charge in [-0.2, -0.15) is 0 Å². The first-order valence-corrected chi connectivity index (χ1v) is 4.64. The molecule has 0 bridgehead atoms. The van der Waals surface area contributed by atoms with Gasteiger partial charge in [0.1, 0.15) is 0 Å². The standard InChI is InChI=1S/C6H7BrINO/c1-9-3-4(8)2-5(7)6(9)10/h2,10H,3H2,1H3. The van der Waals surface area contributed by atoms with Crippen LogP contribution in [0.15, 0.2) is 20.0 Å². The molecule has 0 amide bonds. The van der Waals surface area contributed by atoms with Crippen molar-refractivity contribution in [3.05, 3.63) is 20.0 Å². The monoisotopic (exact) mass is 315 g/mol. The van der Waals surface area contributed by atoms with Gasteiger partial charge in [0.2, 0.25) is 5.88 Å². The summed E-state index contributed by atoms with van der Waals surface area (Å²) in [5.74, 6) is 0.306. The molecule has 0 aromatic carbocycles. The maximum absolute atomic E-state index is 9.27. The minimum absolute atomic E-state index is 0.306. The molecule has 0 spiro atoms. The Morgan fingerprint density at radius 2 is 2.40 bits per heavy atom. The van der Waals surface area contributed by atoms with Crippen LogP contribution in [0.2, 0.25) is 0 Å². The molecule has 56 valence electrons. The molecule has 2 nitrogen and oxygen atoms in total. The van der Waals surface area contributed by atoms with Gasteiger partial charge in [0.05, 0.1) is 11.0 Å². The lowest BCUT2D eigenvalue weighted by Gasteiger charge is -2.21. The lowest BCUT2D eigenvalue weighted by Crippen LogP contribution is -2.22. The Kier molecular flexibility index (Phi) is 2.62. The van der Waals surface area contributed by atoms with E-state index in [0.29, 0.717) is 5.88 Å². The third kappa shape index (κ3) is 1.66. The Morgan fingerprint density at radius 3 is 2.90 bits per heavy atom. The number of halogens is 2. The number of aliphatic hydroxyl groups is 1. The Morgan fingerprint density at radius 1 is 1.80 bits per heavy atom. The molecule has 0 aliphatic carbocycles. The second-order valence-corrected chi connectivity index (χ2v) is 4.36. The molecule has 0 unspecified atom stereocenters. The number of rotatable bonds is 0. The van der Waals surface area contributed by atoms with Crippen LogP contribution in [0, 0.1) is 0 Å². The summed E-state index contributed by atoms with van der Waals surface area (Å²) in [6, 6.07) is 0. The molecule has 0 atom stereocenters. The van der Waals surface area contributed by atoms with Crippen molar-refractivity contribution < 1.29 is 5.11 Å². The predicted molar refractivity (Wildman–Crippen MR) is 53.3 cm³/mol. The number of nitrogens with zero attached hydrogens (tertiary/aromatic N) is 1. The van der Waals surface area contributed by atoms with E-state index < -0.39 is 0 Å². The smallest absolute Gasteiger partial charge is 0.201 e. The molecule has 0 aromatic heterocycles. The maximum atomic E-state index is 9.27. The number of hydrogen-bond acceptors (Lipinski definition) is 2. The number of aliphatic hydroxyl groups excluding tert-OH is 1. The van der Waals surface area contributed by atoms with Crippen molar-refractivity contribution in [3.8, 4) is 0 Å². The van der Waals surface area contributed by atoms with Crippen molar-refractivity contribution in [1.82, 2.24) is 4.90 Å². The van der Waals surface area contributed by atoms with Crippen molar-refractivity contribution in [1.29, 1.82) is 0 Å². The van der Waals surface area contributed by atoms with Gasteiger partial charge >= 0.3 is 0 Å². The summed E-state index contributed by atoms with van der Waals surface area (Å²) < 4.78 is 1.97.